The smallest absolute Gasteiger partial charge is 0.276 e. The van der Waals surface area contributed by atoms with Crippen LogP contribution in [0.2, 0.25) is 5.02 Å². The number of nitrogens with one attached hydrogen (secondary N) is 1. The van der Waals surface area contributed by atoms with Gasteiger partial charge in [-0.15, -0.1) is 11.3 Å². The minimum Gasteiger partial charge on any atom is -0.321 e. The number of rotatable bonds is 3. The van der Waals surface area contributed by atoms with Gasteiger partial charge < -0.3 is 5.32 Å². The van der Waals surface area contributed by atoms with E-state index in [2.05, 4.69) is 33.7 Å². The summed E-state index contributed by atoms with van der Waals surface area (Å²) in [5, 5.41) is 4.20. The lowest BCUT2D eigenvalue weighted by molar-refractivity contribution is 0.102. The van der Waals surface area contributed by atoms with E-state index < -0.39 is 0 Å². The van der Waals surface area contributed by atoms with E-state index in [1.807, 2.05) is 37.3 Å². The molecule has 4 aromatic rings. The number of amides is 1. The third-order valence-electron chi connectivity index (χ3n) is 3.94. The Morgan fingerprint density at radius 2 is 1.88 bits per heavy atom. The van der Waals surface area contributed by atoms with E-state index in [0.717, 1.165) is 21.0 Å². The van der Waals surface area contributed by atoms with E-state index in [9.17, 15) is 4.79 Å². The van der Waals surface area contributed by atoms with Gasteiger partial charge in [-0.1, -0.05) is 17.7 Å². The second kappa shape index (κ2) is 6.79. The Morgan fingerprint density at radius 3 is 2.58 bits per heavy atom. The van der Waals surface area contributed by atoms with Gasteiger partial charge in [-0.25, -0.2) is 4.98 Å². The molecule has 2 heterocycles. The van der Waals surface area contributed by atoms with E-state index in [0.29, 0.717) is 10.7 Å². The van der Waals surface area contributed by atoms with Gasteiger partial charge in [-0.3, -0.25) is 4.79 Å². The fraction of sp³-hybridized carbons (Fsp3) is 0.105. The van der Waals surface area contributed by atoms with Crippen molar-refractivity contribution in [2.24, 2.45) is 0 Å². The molecule has 0 spiro atoms. The highest BCUT2D eigenvalue weighted by Gasteiger charge is 2.16. The van der Waals surface area contributed by atoms with Gasteiger partial charge in [0.05, 0.1) is 15.2 Å². The lowest BCUT2D eigenvalue weighted by Gasteiger charge is -2.04. The highest BCUT2D eigenvalue weighted by atomic mass is 35.5. The first-order valence-corrected chi connectivity index (χ1v) is 9.89. The number of carbonyl (C=O) groups is 1. The summed E-state index contributed by atoms with van der Waals surface area (Å²) in [7, 11) is 0. The lowest BCUT2D eigenvalue weighted by atomic mass is 10.2. The Morgan fingerprint density at radius 1 is 1.12 bits per heavy atom. The summed E-state index contributed by atoms with van der Waals surface area (Å²) < 4.78 is 5.27. The van der Waals surface area contributed by atoms with E-state index in [-0.39, 0.29) is 11.6 Å². The molecule has 26 heavy (non-hydrogen) atoms. The topological polar surface area (TPSA) is 54.9 Å². The molecule has 0 fully saturated rings. The summed E-state index contributed by atoms with van der Waals surface area (Å²) >= 11 is 8.99. The van der Waals surface area contributed by atoms with Crippen LogP contribution in [0.3, 0.4) is 0 Å². The molecule has 2 aromatic heterocycles. The molecule has 0 saturated heterocycles. The number of anilines is 1. The maximum Gasteiger partial charge on any atom is 0.276 e. The largest absolute Gasteiger partial charge is 0.321 e. The third kappa shape index (κ3) is 3.23. The standard InChI is InChI=1S/C19H14ClN3OS2/c1-10-3-8-14-15(9-10)25-19(22-14)12-4-6-13(7-5-12)21-18(24)17-16(20)11(2)26-23-17/h3-9H,1-2H3,(H,21,24). The van der Waals surface area contributed by atoms with Crippen molar-refractivity contribution >= 4 is 56.3 Å². The van der Waals surface area contributed by atoms with Crippen LogP contribution >= 0.6 is 34.5 Å². The second-order valence-electron chi connectivity index (χ2n) is 5.92. The molecule has 0 aliphatic heterocycles. The predicted molar refractivity (Wildman–Crippen MR) is 110 cm³/mol. The van der Waals surface area contributed by atoms with Crippen LogP contribution in [0.25, 0.3) is 20.8 Å². The molecule has 4 rings (SSSR count). The minimum atomic E-state index is -0.303. The molecule has 0 aliphatic carbocycles. The molecule has 130 valence electrons. The molecular formula is C19H14ClN3OS2. The summed E-state index contributed by atoms with van der Waals surface area (Å²) in [4.78, 5) is 17.8. The Labute approximate surface area is 163 Å². The number of thiazole rings is 1. The zero-order chi connectivity index (χ0) is 18.3. The number of benzene rings is 2. The van der Waals surface area contributed by atoms with Gasteiger partial charge in [0.15, 0.2) is 5.69 Å². The number of hydrogen-bond donors (Lipinski definition) is 1. The van der Waals surface area contributed by atoms with Crippen LogP contribution in [0, 0.1) is 13.8 Å². The molecule has 0 atom stereocenters. The van der Waals surface area contributed by atoms with Gasteiger partial charge in [0.25, 0.3) is 5.91 Å². The summed E-state index contributed by atoms with van der Waals surface area (Å²) in [6.45, 7) is 3.91. The first kappa shape index (κ1) is 17.1. The van der Waals surface area contributed by atoms with Gasteiger partial charge in [0, 0.05) is 16.1 Å². The first-order valence-electron chi connectivity index (χ1n) is 7.92. The number of halogens is 1. The van der Waals surface area contributed by atoms with Crippen LogP contribution in [0.1, 0.15) is 20.9 Å². The van der Waals surface area contributed by atoms with Crippen LogP contribution in [0.4, 0.5) is 5.69 Å². The van der Waals surface area contributed by atoms with Crippen LogP contribution in [-0.2, 0) is 0 Å². The minimum absolute atomic E-state index is 0.264. The van der Waals surface area contributed by atoms with Crippen molar-refractivity contribution in [3.05, 3.63) is 63.6 Å². The van der Waals surface area contributed by atoms with Crippen molar-refractivity contribution in [2.45, 2.75) is 13.8 Å². The number of fused-ring (bicyclic) bond motifs is 1. The Hall–Kier alpha value is -2.28. The van der Waals surface area contributed by atoms with Crippen LogP contribution in [0.5, 0.6) is 0 Å². The molecular weight excluding hydrogens is 386 g/mol. The molecule has 0 aliphatic rings. The van der Waals surface area contributed by atoms with Crippen molar-refractivity contribution < 1.29 is 4.79 Å². The fourth-order valence-corrected chi connectivity index (χ4v) is 4.47. The highest BCUT2D eigenvalue weighted by Crippen LogP contribution is 2.31. The van der Waals surface area contributed by atoms with Gasteiger partial charge in [-0.2, -0.15) is 4.37 Å². The Bertz CT molecular complexity index is 1120. The predicted octanol–water partition coefficient (Wildman–Crippen LogP) is 5.94. The van der Waals surface area contributed by atoms with Crippen molar-refractivity contribution in [3.63, 3.8) is 0 Å². The lowest BCUT2D eigenvalue weighted by Crippen LogP contribution is -2.12. The number of aromatic nitrogens is 2. The Kier molecular flexibility index (Phi) is 4.48. The molecule has 0 bridgehead atoms. The second-order valence-corrected chi connectivity index (χ2v) is 8.31. The normalized spacial score (nSPS) is 11.0. The van der Waals surface area contributed by atoms with Gasteiger partial charge in [0.1, 0.15) is 5.01 Å². The molecule has 0 radical (unpaired) electrons. The number of hydrogen-bond acceptors (Lipinski definition) is 5. The zero-order valence-corrected chi connectivity index (χ0v) is 16.4. The van der Waals surface area contributed by atoms with Crippen molar-refractivity contribution in [3.8, 4) is 10.6 Å². The van der Waals surface area contributed by atoms with Crippen LogP contribution in [0.15, 0.2) is 42.5 Å². The molecule has 7 heteroatoms. The van der Waals surface area contributed by atoms with E-state index in [1.165, 1.54) is 21.8 Å². The average Bonchev–Trinajstić information content (AvgIpc) is 3.19. The first-order chi connectivity index (χ1) is 12.5. The maximum atomic E-state index is 12.3. The molecule has 1 N–H and O–H groups in total. The van der Waals surface area contributed by atoms with E-state index in [1.54, 1.807) is 11.3 Å². The van der Waals surface area contributed by atoms with E-state index >= 15 is 0 Å². The van der Waals surface area contributed by atoms with Gasteiger partial charge >= 0.3 is 0 Å². The van der Waals surface area contributed by atoms with Crippen molar-refractivity contribution in [2.75, 3.05) is 5.32 Å². The van der Waals surface area contributed by atoms with Crippen molar-refractivity contribution in [1.29, 1.82) is 0 Å². The summed E-state index contributed by atoms with van der Waals surface area (Å²) in [5.41, 5.74) is 4.20. The fourth-order valence-electron chi connectivity index (χ4n) is 2.54. The Balaban J connectivity index is 1.56. The molecule has 2 aromatic carbocycles. The van der Waals surface area contributed by atoms with Gasteiger partial charge in [-0.05, 0) is 67.3 Å². The highest BCUT2D eigenvalue weighted by molar-refractivity contribution is 7.21. The molecule has 4 nitrogen and oxygen atoms in total. The summed E-state index contributed by atoms with van der Waals surface area (Å²) in [5.74, 6) is -0.303. The third-order valence-corrected chi connectivity index (χ3v) is 6.33. The van der Waals surface area contributed by atoms with Crippen molar-refractivity contribution in [1.82, 2.24) is 9.36 Å². The van der Waals surface area contributed by atoms with E-state index in [4.69, 9.17) is 11.6 Å². The number of carbonyl (C=O) groups excluding carboxylic acids is 1. The maximum absolute atomic E-state index is 12.3. The quantitative estimate of drug-likeness (QED) is 0.463. The number of aryl methyl sites for hydroxylation is 2. The molecule has 0 saturated carbocycles. The molecule has 1 amide bonds. The monoisotopic (exact) mass is 399 g/mol. The SMILES string of the molecule is Cc1ccc2nc(-c3ccc(NC(=O)c4nsc(C)c4Cl)cc3)sc2c1. The average molecular weight is 400 g/mol. The van der Waals surface area contributed by atoms with Crippen LogP contribution < -0.4 is 5.32 Å². The summed E-state index contributed by atoms with van der Waals surface area (Å²) in [6, 6.07) is 13.9. The number of nitrogens with zero attached hydrogens (tertiary/aromatic N) is 2. The van der Waals surface area contributed by atoms with Gasteiger partial charge in [0.2, 0.25) is 0 Å². The molecule has 0 unspecified atom stereocenters. The summed E-state index contributed by atoms with van der Waals surface area (Å²) in [6.07, 6.45) is 0. The van der Waals surface area contributed by atoms with Crippen LogP contribution in [-0.4, -0.2) is 15.3 Å². The zero-order valence-electron chi connectivity index (χ0n) is 14.0.